The fourth-order valence-corrected chi connectivity index (χ4v) is 7.81. The van der Waals surface area contributed by atoms with E-state index in [0.717, 1.165) is 24.2 Å². The second-order valence-electron chi connectivity index (χ2n) is 14.2. The van der Waals surface area contributed by atoms with E-state index in [1.165, 1.54) is 17.7 Å². The molecule has 0 bridgehead atoms. The van der Waals surface area contributed by atoms with Crippen LogP contribution in [0.25, 0.3) is 11.0 Å². The van der Waals surface area contributed by atoms with Crippen molar-refractivity contribution in [3.63, 3.8) is 0 Å². The molecule has 56 heavy (non-hydrogen) atoms. The van der Waals surface area contributed by atoms with Gasteiger partial charge in [-0.15, -0.1) is 0 Å². The predicted molar refractivity (Wildman–Crippen MR) is 203 cm³/mol. The standard InChI is InChI=1S/C39H46N8O9/c48-34(14-20-53-21-15-40-30-9-10-32(47(51)52)38-37(30)43-56-44-38)41-16-22-54-29-8-4-7-28(23-29)36(26-5-2-1-3-6-26)27-11-17-45(18-12-27)39(50)46-19-13-33-31(24-46)42-35(49)25-55-33/h1-10,23,27,31,33,36,40H,11-22,24-25H2,(H,41,48)(H,42,49)/t31-,33+,36+/m1/s1. The molecule has 1 aromatic heterocycles. The summed E-state index contributed by atoms with van der Waals surface area (Å²) < 4.78 is 22.0. The van der Waals surface area contributed by atoms with Gasteiger partial charge in [-0.3, -0.25) is 19.7 Å². The lowest BCUT2D eigenvalue weighted by molar-refractivity contribution is -0.383. The van der Waals surface area contributed by atoms with E-state index in [1.54, 1.807) is 0 Å². The molecule has 0 unspecified atom stereocenters. The van der Waals surface area contributed by atoms with E-state index in [9.17, 15) is 24.5 Å². The second kappa shape index (κ2) is 18.2. The minimum atomic E-state index is -0.544. The molecule has 3 saturated heterocycles. The van der Waals surface area contributed by atoms with Gasteiger partial charge in [0.15, 0.2) is 5.52 Å². The summed E-state index contributed by atoms with van der Waals surface area (Å²) in [6, 6.07) is 21.3. The molecule has 4 amide bonds. The maximum Gasteiger partial charge on any atom is 0.320 e. The number of ether oxygens (including phenoxy) is 3. The van der Waals surface area contributed by atoms with Crippen LogP contribution < -0.4 is 20.7 Å². The first-order chi connectivity index (χ1) is 27.3. The number of aromatic nitrogens is 2. The molecular weight excluding hydrogens is 724 g/mol. The van der Waals surface area contributed by atoms with E-state index >= 15 is 0 Å². The van der Waals surface area contributed by atoms with Gasteiger partial charge in [-0.25, -0.2) is 9.42 Å². The van der Waals surface area contributed by atoms with Gasteiger partial charge < -0.3 is 40.0 Å². The van der Waals surface area contributed by atoms with Crippen molar-refractivity contribution in [2.45, 2.75) is 43.7 Å². The summed E-state index contributed by atoms with van der Waals surface area (Å²) in [6.07, 6.45) is 2.56. The molecule has 0 saturated carbocycles. The first kappa shape index (κ1) is 38.5. The van der Waals surface area contributed by atoms with Gasteiger partial charge in [-0.1, -0.05) is 42.5 Å². The van der Waals surface area contributed by atoms with Gasteiger partial charge in [0, 0.05) is 51.1 Å². The second-order valence-corrected chi connectivity index (χ2v) is 14.2. The zero-order valence-corrected chi connectivity index (χ0v) is 31.0. The van der Waals surface area contributed by atoms with Crippen LogP contribution in [0.2, 0.25) is 0 Å². The zero-order valence-electron chi connectivity index (χ0n) is 31.0. The molecular formula is C39H46N8O9. The number of nitro benzene ring substituents is 1. The number of carbonyl (C=O) groups excluding carboxylic acids is 3. The molecule has 3 fully saturated rings. The molecule has 4 aromatic rings. The number of nitrogens with one attached hydrogen (secondary N) is 3. The Kier molecular flexibility index (Phi) is 12.5. The third kappa shape index (κ3) is 9.34. The summed E-state index contributed by atoms with van der Waals surface area (Å²) in [6.45, 7) is 4.02. The molecule has 17 nitrogen and oxygen atoms in total. The first-order valence-corrected chi connectivity index (χ1v) is 19.0. The van der Waals surface area contributed by atoms with Crippen molar-refractivity contribution in [3.05, 3.63) is 88.0 Å². The molecule has 7 rings (SSSR count). The number of morpholine rings is 1. The SMILES string of the molecule is O=C(CCOCCNc1ccc([N+](=O)[O-])c2nonc12)NCCOc1cccc([C@@H](c2ccccc2)C2CCN(C(=O)N3CC[C@@H]4OCC(=O)N[C@@H]4C3)CC2)c1. The van der Waals surface area contributed by atoms with E-state index in [0.29, 0.717) is 70.5 Å². The van der Waals surface area contributed by atoms with Crippen molar-refractivity contribution in [2.24, 2.45) is 5.92 Å². The summed E-state index contributed by atoms with van der Waals surface area (Å²) in [4.78, 5) is 52.3. The van der Waals surface area contributed by atoms with Crippen LogP contribution >= 0.6 is 0 Å². The molecule has 3 aliphatic heterocycles. The van der Waals surface area contributed by atoms with Crippen LogP contribution in [-0.2, 0) is 19.1 Å². The van der Waals surface area contributed by atoms with E-state index in [1.807, 2.05) is 28.0 Å². The fraction of sp³-hybridized carbons (Fsp3) is 0.462. The molecule has 3 aliphatic rings. The number of likely N-dealkylation sites (tertiary alicyclic amines) is 2. The monoisotopic (exact) mass is 770 g/mol. The van der Waals surface area contributed by atoms with Gasteiger partial charge >= 0.3 is 11.7 Å². The Morgan fingerprint density at radius 2 is 1.71 bits per heavy atom. The number of fused-ring (bicyclic) bond motifs is 2. The Morgan fingerprint density at radius 1 is 0.929 bits per heavy atom. The van der Waals surface area contributed by atoms with Crippen LogP contribution in [0.1, 0.15) is 42.7 Å². The number of nitrogens with zero attached hydrogens (tertiary/aromatic N) is 5. The Labute approximate surface area is 323 Å². The van der Waals surface area contributed by atoms with Crippen LogP contribution in [0.15, 0.2) is 71.4 Å². The van der Waals surface area contributed by atoms with Crippen molar-refractivity contribution < 1.29 is 38.1 Å². The Balaban J connectivity index is 0.839. The van der Waals surface area contributed by atoms with Crippen molar-refractivity contribution in [1.82, 2.24) is 30.7 Å². The molecule has 0 spiro atoms. The Morgan fingerprint density at radius 3 is 2.54 bits per heavy atom. The van der Waals surface area contributed by atoms with Gasteiger partial charge in [-0.2, -0.15) is 0 Å². The number of amides is 4. The summed E-state index contributed by atoms with van der Waals surface area (Å²) in [5.41, 5.74) is 3.02. The highest BCUT2D eigenvalue weighted by atomic mass is 16.6. The predicted octanol–water partition coefficient (Wildman–Crippen LogP) is 3.70. The maximum absolute atomic E-state index is 13.5. The zero-order chi connectivity index (χ0) is 38.9. The molecule has 0 aliphatic carbocycles. The molecule has 17 heteroatoms. The van der Waals surface area contributed by atoms with Gasteiger partial charge in [0.25, 0.3) is 0 Å². The van der Waals surface area contributed by atoms with E-state index < -0.39 is 4.92 Å². The Bertz CT molecular complexity index is 1990. The number of hydrogen-bond donors (Lipinski definition) is 3. The van der Waals surface area contributed by atoms with E-state index in [4.69, 9.17) is 14.2 Å². The van der Waals surface area contributed by atoms with Crippen LogP contribution in [0, 0.1) is 16.0 Å². The average Bonchev–Trinajstić information content (AvgIpc) is 3.72. The number of benzene rings is 3. The lowest BCUT2D eigenvalue weighted by Gasteiger charge is -2.44. The highest BCUT2D eigenvalue weighted by molar-refractivity contribution is 5.93. The number of hydrogen-bond acceptors (Lipinski definition) is 12. The van der Waals surface area contributed by atoms with Gasteiger partial charge in [0.05, 0.1) is 42.5 Å². The normalized spacial score (nSPS) is 19.2. The smallest absolute Gasteiger partial charge is 0.320 e. The number of urea groups is 1. The van der Waals surface area contributed by atoms with Crippen LogP contribution in [0.3, 0.4) is 0 Å². The molecule has 4 heterocycles. The number of piperidine rings is 2. The summed E-state index contributed by atoms with van der Waals surface area (Å²) in [7, 11) is 0. The van der Waals surface area contributed by atoms with Gasteiger partial charge in [0.2, 0.25) is 17.3 Å². The average molecular weight is 771 g/mol. The minimum absolute atomic E-state index is 0.0231. The van der Waals surface area contributed by atoms with E-state index in [2.05, 4.69) is 67.3 Å². The van der Waals surface area contributed by atoms with E-state index in [-0.39, 0.29) is 72.3 Å². The third-order valence-corrected chi connectivity index (χ3v) is 10.6. The van der Waals surface area contributed by atoms with Crippen LogP contribution in [0.4, 0.5) is 16.2 Å². The molecule has 296 valence electrons. The molecule has 0 radical (unpaired) electrons. The summed E-state index contributed by atoms with van der Waals surface area (Å²) in [5.74, 6) is 0.860. The van der Waals surface area contributed by atoms with Gasteiger partial charge in [0.1, 0.15) is 19.0 Å². The summed E-state index contributed by atoms with van der Waals surface area (Å²) in [5, 5.41) is 27.5. The summed E-state index contributed by atoms with van der Waals surface area (Å²) >= 11 is 0. The first-order valence-electron chi connectivity index (χ1n) is 19.0. The number of nitro groups is 1. The quantitative estimate of drug-likeness (QED) is 0.0900. The Hall–Kier alpha value is -5.81. The van der Waals surface area contributed by atoms with Crippen LogP contribution in [-0.4, -0.2) is 121 Å². The van der Waals surface area contributed by atoms with Crippen molar-refractivity contribution in [1.29, 1.82) is 0 Å². The largest absolute Gasteiger partial charge is 0.492 e. The topological polar surface area (TPSA) is 204 Å². The number of rotatable bonds is 15. The van der Waals surface area contributed by atoms with Crippen molar-refractivity contribution >= 4 is 40.3 Å². The number of carbonyl (C=O) groups is 3. The van der Waals surface area contributed by atoms with Crippen LogP contribution in [0.5, 0.6) is 5.75 Å². The molecule has 3 N–H and O–H groups in total. The van der Waals surface area contributed by atoms with Crippen molar-refractivity contribution in [3.8, 4) is 5.75 Å². The lowest BCUT2D eigenvalue weighted by atomic mass is 9.76. The molecule has 3 aromatic carbocycles. The highest BCUT2D eigenvalue weighted by Crippen LogP contribution is 2.39. The minimum Gasteiger partial charge on any atom is -0.492 e. The number of non-ortho nitro benzene ring substituents is 1. The number of anilines is 1. The highest BCUT2D eigenvalue weighted by Gasteiger charge is 2.39. The fourth-order valence-electron chi connectivity index (χ4n) is 7.81. The molecule has 3 atom stereocenters. The lowest BCUT2D eigenvalue weighted by Crippen LogP contribution is -2.62. The van der Waals surface area contributed by atoms with Crippen molar-refractivity contribution in [2.75, 3.05) is 71.0 Å². The third-order valence-electron chi connectivity index (χ3n) is 10.6. The maximum atomic E-state index is 13.5. The van der Waals surface area contributed by atoms with Gasteiger partial charge in [-0.05, 0) is 64.8 Å².